The van der Waals surface area contributed by atoms with Gasteiger partial charge >= 0.3 is 5.97 Å². The molecule has 0 unspecified atom stereocenters. The van der Waals surface area contributed by atoms with Crippen molar-refractivity contribution in [3.8, 4) is 5.82 Å². The van der Waals surface area contributed by atoms with E-state index < -0.39 is 23.4 Å². The Morgan fingerprint density at radius 2 is 1.86 bits per heavy atom. The van der Waals surface area contributed by atoms with Gasteiger partial charge in [0.1, 0.15) is 5.76 Å². The van der Waals surface area contributed by atoms with Crippen LogP contribution in [0, 0.1) is 20.8 Å². The van der Waals surface area contributed by atoms with E-state index in [-0.39, 0.29) is 11.3 Å². The van der Waals surface area contributed by atoms with E-state index in [1.54, 1.807) is 57.2 Å². The number of hydrogen-bond donors (Lipinski definition) is 0. The van der Waals surface area contributed by atoms with Crippen LogP contribution >= 0.6 is 0 Å². The van der Waals surface area contributed by atoms with E-state index in [4.69, 9.17) is 9.26 Å². The molecule has 0 amide bonds. The zero-order chi connectivity index (χ0) is 21.1. The van der Waals surface area contributed by atoms with E-state index >= 15 is 0 Å². The Morgan fingerprint density at radius 3 is 2.52 bits per heavy atom. The second-order valence-electron chi connectivity index (χ2n) is 6.55. The number of ether oxygens (including phenoxy) is 1. The van der Waals surface area contributed by atoms with Crippen molar-refractivity contribution in [3.05, 3.63) is 64.7 Å². The molecule has 29 heavy (non-hydrogen) atoms. The van der Waals surface area contributed by atoms with Crippen molar-refractivity contribution in [2.75, 3.05) is 12.4 Å². The van der Waals surface area contributed by atoms with Crippen LogP contribution in [0.3, 0.4) is 0 Å². The van der Waals surface area contributed by atoms with E-state index in [0.29, 0.717) is 33.5 Å². The molecule has 2 heterocycles. The van der Waals surface area contributed by atoms with Crippen LogP contribution in [0.1, 0.15) is 44.8 Å². The van der Waals surface area contributed by atoms with Crippen molar-refractivity contribution in [3.63, 3.8) is 0 Å². The Morgan fingerprint density at radius 1 is 1.14 bits per heavy atom. The first-order chi connectivity index (χ1) is 13.8. The molecule has 3 rings (SSSR count). The molecule has 0 aliphatic rings. The highest BCUT2D eigenvalue weighted by Gasteiger charge is 2.21. The number of carbonyl (C=O) groups excluding carboxylic acids is 2. The first-order valence-corrected chi connectivity index (χ1v) is 10.5. The van der Waals surface area contributed by atoms with Gasteiger partial charge < -0.3 is 9.26 Å². The first kappa shape index (κ1) is 20.7. The van der Waals surface area contributed by atoms with Gasteiger partial charge in [-0.3, -0.25) is 13.6 Å². The molecule has 0 aliphatic carbocycles. The molecule has 0 N–H and O–H groups in total. The van der Waals surface area contributed by atoms with Gasteiger partial charge in [-0.05, 0) is 39.0 Å². The highest BCUT2D eigenvalue weighted by atomic mass is 32.2. The molecule has 0 spiro atoms. The second-order valence-corrected chi connectivity index (χ2v) is 8.25. The van der Waals surface area contributed by atoms with Crippen molar-refractivity contribution in [2.24, 2.45) is 0 Å². The fraction of sp³-hybridized carbons (Fsp3) is 0.286. The monoisotopic (exact) mass is 414 g/mol. The fourth-order valence-electron chi connectivity index (χ4n) is 3.13. The van der Waals surface area contributed by atoms with Crippen LogP contribution in [-0.4, -0.2) is 38.0 Å². The third-order valence-electron chi connectivity index (χ3n) is 4.52. The largest absolute Gasteiger partial charge is 0.454 e. The maximum absolute atomic E-state index is 12.7. The Bertz CT molecular complexity index is 1100. The molecule has 7 nitrogen and oxygen atoms in total. The number of rotatable bonds is 7. The number of aryl methyl sites for hydroxylation is 2. The van der Waals surface area contributed by atoms with Gasteiger partial charge in [-0.2, -0.15) is 0 Å². The number of nitrogens with zero attached hydrogens (tertiary/aromatic N) is 2. The lowest BCUT2D eigenvalue weighted by atomic mass is 10.1. The molecule has 0 fully saturated rings. The number of Topliss-reactive ketones (excluding diaryl/α,β-unsaturated/α-hetero) is 1. The fourth-order valence-corrected chi connectivity index (χ4v) is 4.07. The standard InChI is InChI=1S/C21H22N2O5S/c1-5-29(26)19-9-7-6-8-16(19)21(25)27-12-18(24)17-10-13(2)23(15(17)4)20-11-14(3)28-22-20/h6-11H,5,12H2,1-4H3/t29-/m1/s1. The van der Waals surface area contributed by atoms with Gasteiger partial charge in [0, 0.05) is 28.8 Å². The molecule has 2 aromatic heterocycles. The molecule has 0 saturated carbocycles. The Balaban J connectivity index is 1.77. The molecule has 0 aliphatic heterocycles. The maximum atomic E-state index is 12.7. The van der Waals surface area contributed by atoms with Gasteiger partial charge in [-0.25, -0.2) is 4.79 Å². The van der Waals surface area contributed by atoms with Crippen molar-refractivity contribution in [1.82, 2.24) is 9.72 Å². The van der Waals surface area contributed by atoms with Gasteiger partial charge in [0.15, 0.2) is 12.4 Å². The van der Waals surface area contributed by atoms with Gasteiger partial charge in [0.2, 0.25) is 5.78 Å². The number of hydrogen-bond acceptors (Lipinski definition) is 6. The summed E-state index contributed by atoms with van der Waals surface area (Å²) in [7, 11) is -1.30. The van der Waals surface area contributed by atoms with E-state index in [0.717, 1.165) is 5.69 Å². The van der Waals surface area contributed by atoms with Gasteiger partial charge in [0.05, 0.1) is 21.3 Å². The minimum absolute atomic E-state index is 0.212. The number of carbonyl (C=O) groups is 2. The lowest BCUT2D eigenvalue weighted by Crippen LogP contribution is -2.16. The number of benzene rings is 1. The summed E-state index contributed by atoms with van der Waals surface area (Å²) < 4.78 is 24.3. The second kappa shape index (κ2) is 8.57. The summed E-state index contributed by atoms with van der Waals surface area (Å²) in [5.74, 6) is 0.641. The van der Waals surface area contributed by atoms with Crippen molar-refractivity contribution < 1.29 is 23.1 Å². The Labute approximate surface area is 171 Å². The van der Waals surface area contributed by atoms with Crippen LogP contribution in [0.25, 0.3) is 5.82 Å². The Kier molecular flexibility index (Phi) is 6.12. The zero-order valence-electron chi connectivity index (χ0n) is 16.7. The van der Waals surface area contributed by atoms with E-state index in [9.17, 15) is 13.8 Å². The molecule has 0 saturated heterocycles. The van der Waals surface area contributed by atoms with E-state index in [1.165, 1.54) is 0 Å². The number of aromatic nitrogens is 2. The summed E-state index contributed by atoms with van der Waals surface area (Å²) in [6, 6.07) is 10.1. The molecular formula is C21H22N2O5S. The Hall–Kier alpha value is -3.00. The average Bonchev–Trinajstić information content (AvgIpc) is 3.27. The first-order valence-electron chi connectivity index (χ1n) is 9.13. The quantitative estimate of drug-likeness (QED) is 0.434. The van der Waals surface area contributed by atoms with Crippen molar-refractivity contribution in [1.29, 1.82) is 0 Å². The molecule has 3 aromatic rings. The molecule has 8 heteroatoms. The maximum Gasteiger partial charge on any atom is 0.339 e. The lowest BCUT2D eigenvalue weighted by Gasteiger charge is -2.09. The third-order valence-corrected chi connectivity index (χ3v) is 5.90. The molecule has 1 atom stereocenters. The SMILES string of the molecule is CC[S@@](=O)c1ccccc1C(=O)OCC(=O)c1cc(C)n(-c2cc(C)on2)c1C. The molecule has 0 radical (unpaired) electrons. The molecule has 1 aromatic carbocycles. The zero-order valence-corrected chi connectivity index (χ0v) is 17.5. The van der Waals surface area contributed by atoms with Gasteiger partial charge in [-0.15, -0.1) is 0 Å². The minimum Gasteiger partial charge on any atom is -0.454 e. The average molecular weight is 414 g/mol. The van der Waals surface area contributed by atoms with Crippen LogP contribution < -0.4 is 0 Å². The van der Waals surface area contributed by atoms with Gasteiger partial charge in [-0.1, -0.05) is 24.2 Å². The summed E-state index contributed by atoms with van der Waals surface area (Å²) in [6.07, 6.45) is 0. The molecule has 0 bridgehead atoms. The highest BCUT2D eigenvalue weighted by molar-refractivity contribution is 7.85. The summed E-state index contributed by atoms with van der Waals surface area (Å²) in [6.45, 7) is 6.81. The van der Waals surface area contributed by atoms with Gasteiger partial charge in [0.25, 0.3) is 0 Å². The normalized spacial score (nSPS) is 12.0. The summed E-state index contributed by atoms with van der Waals surface area (Å²) >= 11 is 0. The summed E-state index contributed by atoms with van der Waals surface area (Å²) in [4.78, 5) is 25.6. The lowest BCUT2D eigenvalue weighted by molar-refractivity contribution is 0.0471. The van der Waals surface area contributed by atoms with Crippen LogP contribution in [0.4, 0.5) is 0 Å². The number of esters is 1. The predicted octanol–water partition coefficient (Wildman–Crippen LogP) is 3.56. The third kappa shape index (κ3) is 4.22. The highest BCUT2D eigenvalue weighted by Crippen LogP contribution is 2.21. The molecule has 152 valence electrons. The van der Waals surface area contributed by atoms with E-state index in [2.05, 4.69) is 5.16 Å². The van der Waals surface area contributed by atoms with Crippen molar-refractivity contribution >= 4 is 22.6 Å². The topological polar surface area (TPSA) is 91.4 Å². The summed E-state index contributed by atoms with van der Waals surface area (Å²) in [5, 5.41) is 3.99. The smallest absolute Gasteiger partial charge is 0.339 e. The van der Waals surface area contributed by atoms with Crippen LogP contribution in [0.5, 0.6) is 0 Å². The molecular weight excluding hydrogens is 392 g/mol. The van der Waals surface area contributed by atoms with Crippen molar-refractivity contribution in [2.45, 2.75) is 32.6 Å². The number of ketones is 1. The van der Waals surface area contributed by atoms with Crippen LogP contribution in [-0.2, 0) is 15.5 Å². The predicted molar refractivity (Wildman–Crippen MR) is 108 cm³/mol. The summed E-state index contributed by atoms with van der Waals surface area (Å²) in [5.41, 5.74) is 2.16. The van der Waals surface area contributed by atoms with Crippen LogP contribution in [0.15, 0.2) is 45.8 Å². The minimum atomic E-state index is -1.30. The van der Waals surface area contributed by atoms with Crippen LogP contribution in [0.2, 0.25) is 0 Å². The van der Waals surface area contributed by atoms with E-state index in [1.807, 2.05) is 11.5 Å².